The molecular formula is C11H15F2NO2. The molecule has 2 N–H and O–H groups in total. The molecule has 90 valence electrons. The first-order chi connectivity index (χ1) is 7.69. The average Bonchev–Trinajstić information content (AvgIpc) is 2.26. The highest BCUT2D eigenvalue weighted by molar-refractivity contribution is 5.22. The summed E-state index contributed by atoms with van der Waals surface area (Å²) in [4.78, 5) is 0. The van der Waals surface area contributed by atoms with Gasteiger partial charge in [-0.3, -0.25) is 0 Å². The van der Waals surface area contributed by atoms with Gasteiger partial charge in [-0.15, -0.1) is 0 Å². The maximum atomic E-state index is 13.4. The number of aliphatic hydroxyl groups is 1. The van der Waals surface area contributed by atoms with Gasteiger partial charge < -0.3 is 15.2 Å². The lowest BCUT2D eigenvalue weighted by Gasteiger charge is -2.17. The highest BCUT2D eigenvalue weighted by Crippen LogP contribution is 2.17. The van der Waals surface area contributed by atoms with Crippen molar-refractivity contribution in [2.75, 3.05) is 26.9 Å². The van der Waals surface area contributed by atoms with Gasteiger partial charge in [0.25, 0.3) is 0 Å². The maximum absolute atomic E-state index is 13.4. The van der Waals surface area contributed by atoms with E-state index < -0.39 is 17.7 Å². The van der Waals surface area contributed by atoms with E-state index >= 15 is 0 Å². The maximum Gasteiger partial charge on any atom is 0.130 e. The number of benzene rings is 1. The fraction of sp³-hybridized carbons (Fsp3) is 0.455. The first-order valence-electron chi connectivity index (χ1n) is 4.97. The monoisotopic (exact) mass is 231 g/mol. The minimum atomic E-state index is -0.663. The lowest BCUT2D eigenvalue weighted by Crippen LogP contribution is -2.28. The standard InChI is InChI=1S/C11H15F2NO2/c1-16-5-4-14-11(7-15)9-3-2-8(12)6-10(9)13/h2-3,6,11,14-15H,4-5,7H2,1H3. The zero-order valence-electron chi connectivity index (χ0n) is 9.04. The molecule has 3 nitrogen and oxygen atoms in total. The zero-order chi connectivity index (χ0) is 12.0. The van der Waals surface area contributed by atoms with Crippen LogP contribution < -0.4 is 5.32 Å². The Morgan fingerprint density at radius 2 is 2.19 bits per heavy atom. The van der Waals surface area contributed by atoms with Crippen LogP contribution in [0.4, 0.5) is 8.78 Å². The van der Waals surface area contributed by atoms with Crippen LogP contribution in [0.25, 0.3) is 0 Å². The van der Waals surface area contributed by atoms with Gasteiger partial charge in [-0.1, -0.05) is 6.07 Å². The molecular weight excluding hydrogens is 216 g/mol. The number of hydrogen-bond donors (Lipinski definition) is 2. The van der Waals surface area contributed by atoms with E-state index in [2.05, 4.69) is 5.32 Å². The van der Waals surface area contributed by atoms with Crippen LogP contribution in [-0.4, -0.2) is 32.0 Å². The molecule has 0 saturated carbocycles. The molecule has 1 atom stereocenters. The molecule has 0 heterocycles. The fourth-order valence-electron chi connectivity index (χ4n) is 1.39. The SMILES string of the molecule is COCCNC(CO)c1ccc(F)cc1F. The Hall–Kier alpha value is -1.04. The predicted molar refractivity (Wildman–Crippen MR) is 56.1 cm³/mol. The molecule has 0 fully saturated rings. The molecule has 5 heteroatoms. The van der Waals surface area contributed by atoms with Crippen molar-refractivity contribution in [1.29, 1.82) is 0 Å². The van der Waals surface area contributed by atoms with Crippen molar-refractivity contribution in [1.82, 2.24) is 5.32 Å². The molecule has 1 aromatic rings. The number of ether oxygens (including phenoxy) is 1. The fourth-order valence-corrected chi connectivity index (χ4v) is 1.39. The van der Waals surface area contributed by atoms with Gasteiger partial charge in [-0.25, -0.2) is 8.78 Å². The summed E-state index contributed by atoms with van der Waals surface area (Å²) < 4.78 is 30.9. The molecule has 0 amide bonds. The Bertz CT molecular complexity index is 334. The lowest BCUT2D eigenvalue weighted by molar-refractivity contribution is 0.183. The Balaban J connectivity index is 2.70. The second-order valence-electron chi connectivity index (χ2n) is 3.35. The summed E-state index contributed by atoms with van der Waals surface area (Å²) in [5.74, 6) is -1.29. The summed E-state index contributed by atoms with van der Waals surface area (Å²) >= 11 is 0. The summed E-state index contributed by atoms with van der Waals surface area (Å²) in [5, 5.41) is 12.0. The van der Waals surface area contributed by atoms with Gasteiger partial charge in [0, 0.05) is 25.3 Å². The van der Waals surface area contributed by atoms with Crippen LogP contribution in [0.5, 0.6) is 0 Å². The molecule has 1 rings (SSSR count). The molecule has 0 aliphatic rings. The Morgan fingerprint density at radius 3 is 2.75 bits per heavy atom. The van der Waals surface area contributed by atoms with Gasteiger partial charge in [0.2, 0.25) is 0 Å². The second-order valence-corrected chi connectivity index (χ2v) is 3.35. The zero-order valence-corrected chi connectivity index (χ0v) is 9.04. The van der Waals surface area contributed by atoms with Gasteiger partial charge >= 0.3 is 0 Å². The van der Waals surface area contributed by atoms with E-state index in [0.717, 1.165) is 6.07 Å². The van der Waals surface area contributed by atoms with E-state index in [1.54, 1.807) is 7.11 Å². The second kappa shape index (κ2) is 6.52. The Labute approximate surface area is 93.0 Å². The highest BCUT2D eigenvalue weighted by Gasteiger charge is 2.14. The predicted octanol–water partition coefficient (Wildman–Crippen LogP) is 1.23. The normalized spacial score (nSPS) is 12.8. The van der Waals surface area contributed by atoms with Crippen molar-refractivity contribution in [2.24, 2.45) is 0 Å². The third-order valence-electron chi connectivity index (χ3n) is 2.22. The van der Waals surface area contributed by atoms with Crippen LogP contribution in [0.1, 0.15) is 11.6 Å². The molecule has 0 aliphatic heterocycles. The van der Waals surface area contributed by atoms with E-state index in [0.29, 0.717) is 13.2 Å². The molecule has 0 bridgehead atoms. The first-order valence-corrected chi connectivity index (χ1v) is 4.97. The quantitative estimate of drug-likeness (QED) is 0.724. The minimum Gasteiger partial charge on any atom is -0.394 e. The third-order valence-corrected chi connectivity index (χ3v) is 2.22. The van der Waals surface area contributed by atoms with Crippen LogP contribution in [0.2, 0.25) is 0 Å². The van der Waals surface area contributed by atoms with Gasteiger partial charge in [-0.05, 0) is 6.07 Å². The van der Waals surface area contributed by atoms with Gasteiger partial charge in [0.05, 0.1) is 19.3 Å². The summed E-state index contributed by atoms with van der Waals surface area (Å²) in [6.07, 6.45) is 0. The number of hydrogen-bond acceptors (Lipinski definition) is 3. The molecule has 0 spiro atoms. The summed E-state index contributed by atoms with van der Waals surface area (Å²) in [6, 6.07) is 2.75. The molecule has 16 heavy (non-hydrogen) atoms. The van der Waals surface area contributed by atoms with Crippen LogP contribution in [0, 0.1) is 11.6 Å². The van der Waals surface area contributed by atoms with Crippen molar-refractivity contribution >= 4 is 0 Å². The molecule has 1 aromatic carbocycles. The Morgan fingerprint density at radius 1 is 1.44 bits per heavy atom. The Kier molecular flexibility index (Phi) is 5.31. The largest absolute Gasteiger partial charge is 0.394 e. The van der Waals surface area contributed by atoms with Crippen LogP contribution >= 0.6 is 0 Å². The first kappa shape index (κ1) is 13.0. The highest BCUT2D eigenvalue weighted by atomic mass is 19.1. The number of nitrogens with one attached hydrogen (secondary N) is 1. The van der Waals surface area contributed by atoms with Crippen molar-refractivity contribution < 1.29 is 18.6 Å². The molecule has 0 aliphatic carbocycles. The topological polar surface area (TPSA) is 41.5 Å². The van der Waals surface area contributed by atoms with Crippen LogP contribution in [0.15, 0.2) is 18.2 Å². The molecule has 0 radical (unpaired) electrons. The third kappa shape index (κ3) is 3.52. The van der Waals surface area contributed by atoms with Gasteiger partial charge in [0.15, 0.2) is 0 Å². The van der Waals surface area contributed by atoms with E-state index in [9.17, 15) is 8.78 Å². The number of halogens is 2. The van der Waals surface area contributed by atoms with Crippen LogP contribution in [-0.2, 0) is 4.74 Å². The lowest BCUT2D eigenvalue weighted by atomic mass is 10.1. The van der Waals surface area contributed by atoms with E-state index in [1.165, 1.54) is 12.1 Å². The molecule has 0 saturated heterocycles. The number of aliphatic hydroxyl groups excluding tert-OH is 1. The van der Waals surface area contributed by atoms with Gasteiger partial charge in [0.1, 0.15) is 11.6 Å². The number of methoxy groups -OCH3 is 1. The van der Waals surface area contributed by atoms with Crippen molar-refractivity contribution in [3.05, 3.63) is 35.4 Å². The van der Waals surface area contributed by atoms with E-state index in [-0.39, 0.29) is 12.2 Å². The van der Waals surface area contributed by atoms with Crippen LogP contribution in [0.3, 0.4) is 0 Å². The number of rotatable bonds is 6. The van der Waals surface area contributed by atoms with Crippen molar-refractivity contribution in [2.45, 2.75) is 6.04 Å². The summed E-state index contributed by atoms with van der Waals surface area (Å²) in [5.41, 5.74) is 0.250. The minimum absolute atomic E-state index is 0.250. The van der Waals surface area contributed by atoms with E-state index in [4.69, 9.17) is 9.84 Å². The summed E-state index contributed by atoms with van der Waals surface area (Å²) in [7, 11) is 1.55. The summed E-state index contributed by atoms with van der Waals surface area (Å²) in [6.45, 7) is 0.685. The molecule has 0 aromatic heterocycles. The van der Waals surface area contributed by atoms with Crippen molar-refractivity contribution in [3.63, 3.8) is 0 Å². The average molecular weight is 231 g/mol. The van der Waals surface area contributed by atoms with E-state index in [1.807, 2.05) is 0 Å². The van der Waals surface area contributed by atoms with Crippen molar-refractivity contribution in [3.8, 4) is 0 Å². The van der Waals surface area contributed by atoms with Gasteiger partial charge in [-0.2, -0.15) is 0 Å². The smallest absolute Gasteiger partial charge is 0.130 e. The molecule has 1 unspecified atom stereocenters.